The highest BCUT2D eigenvalue weighted by Crippen LogP contribution is 2.30. The highest BCUT2D eigenvalue weighted by atomic mass is 79.9. The summed E-state index contributed by atoms with van der Waals surface area (Å²) in [6.07, 6.45) is 3.83. The van der Waals surface area contributed by atoms with Gasteiger partial charge in [0.15, 0.2) is 0 Å². The van der Waals surface area contributed by atoms with Crippen LogP contribution in [0.25, 0.3) is 23.0 Å². The molecule has 4 aromatic rings. The lowest BCUT2D eigenvalue weighted by Gasteiger charge is -2.11. The van der Waals surface area contributed by atoms with Crippen LogP contribution in [0.15, 0.2) is 106 Å². The molecule has 0 radical (unpaired) electrons. The Hall–Kier alpha value is -3.77. The van der Waals surface area contributed by atoms with E-state index in [1.54, 1.807) is 0 Å². The molecule has 0 unspecified atom stereocenters. The van der Waals surface area contributed by atoms with Crippen LogP contribution in [-0.2, 0) is 4.79 Å². The SMILES string of the molecule is CC1=NN(c2ccccc2)C(=O)C1=Cc1cn(-c2ccccc2)nc1-c1ccc(Br)cc1. The van der Waals surface area contributed by atoms with Gasteiger partial charge in [0.05, 0.1) is 28.4 Å². The Labute approximate surface area is 194 Å². The Morgan fingerprint density at radius 1 is 0.844 bits per heavy atom. The molecule has 156 valence electrons. The average molecular weight is 483 g/mol. The van der Waals surface area contributed by atoms with E-state index in [4.69, 9.17) is 5.10 Å². The fourth-order valence-electron chi connectivity index (χ4n) is 3.62. The van der Waals surface area contributed by atoms with E-state index in [1.807, 2.05) is 109 Å². The van der Waals surface area contributed by atoms with Crippen LogP contribution in [0, 0.1) is 0 Å². The third-order valence-corrected chi connectivity index (χ3v) is 5.77. The number of carbonyl (C=O) groups is 1. The van der Waals surface area contributed by atoms with Crippen LogP contribution in [0.2, 0.25) is 0 Å². The second-order valence-corrected chi connectivity index (χ2v) is 8.33. The molecule has 1 aromatic heterocycles. The Morgan fingerprint density at radius 2 is 1.47 bits per heavy atom. The summed E-state index contributed by atoms with van der Waals surface area (Å²) in [5, 5.41) is 10.8. The van der Waals surface area contributed by atoms with Gasteiger partial charge in [-0.3, -0.25) is 4.79 Å². The molecular weight excluding hydrogens is 464 g/mol. The van der Waals surface area contributed by atoms with Crippen molar-refractivity contribution < 1.29 is 4.79 Å². The summed E-state index contributed by atoms with van der Waals surface area (Å²) in [6, 6.07) is 27.4. The topological polar surface area (TPSA) is 50.5 Å². The summed E-state index contributed by atoms with van der Waals surface area (Å²) < 4.78 is 2.83. The van der Waals surface area contributed by atoms with Crippen LogP contribution in [0.3, 0.4) is 0 Å². The van der Waals surface area contributed by atoms with Gasteiger partial charge in [-0.1, -0.05) is 64.5 Å². The number of hydrogen-bond acceptors (Lipinski definition) is 3. The molecule has 6 heteroatoms. The first-order valence-electron chi connectivity index (χ1n) is 10.2. The van der Waals surface area contributed by atoms with E-state index < -0.39 is 0 Å². The van der Waals surface area contributed by atoms with E-state index in [0.717, 1.165) is 32.7 Å². The second-order valence-electron chi connectivity index (χ2n) is 7.42. The van der Waals surface area contributed by atoms with Crippen molar-refractivity contribution in [1.29, 1.82) is 0 Å². The van der Waals surface area contributed by atoms with Gasteiger partial charge in [-0.05, 0) is 49.4 Å². The highest BCUT2D eigenvalue weighted by Gasteiger charge is 2.29. The summed E-state index contributed by atoms with van der Waals surface area (Å²) in [7, 11) is 0. The van der Waals surface area contributed by atoms with Crippen LogP contribution in [-0.4, -0.2) is 21.4 Å². The summed E-state index contributed by atoms with van der Waals surface area (Å²) in [4.78, 5) is 13.2. The van der Waals surface area contributed by atoms with Gasteiger partial charge in [0.1, 0.15) is 0 Å². The maximum Gasteiger partial charge on any atom is 0.280 e. The van der Waals surface area contributed by atoms with Gasteiger partial charge in [0.2, 0.25) is 0 Å². The number of nitrogens with zero attached hydrogens (tertiary/aromatic N) is 4. The zero-order chi connectivity index (χ0) is 22.1. The Morgan fingerprint density at radius 3 is 2.12 bits per heavy atom. The van der Waals surface area contributed by atoms with E-state index in [-0.39, 0.29) is 5.91 Å². The van der Waals surface area contributed by atoms with Crippen LogP contribution in [0.5, 0.6) is 0 Å². The van der Waals surface area contributed by atoms with Crippen molar-refractivity contribution >= 4 is 39.3 Å². The number of benzene rings is 3. The van der Waals surface area contributed by atoms with Crippen molar-refractivity contribution in [2.75, 3.05) is 5.01 Å². The summed E-state index contributed by atoms with van der Waals surface area (Å²) >= 11 is 3.49. The maximum atomic E-state index is 13.2. The predicted octanol–water partition coefficient (Wildman–Crippen LogP) is 6.11. The fourth-order valence-corrected chi connectivity index (χ4v) is 3.89. The first kappa shape index (κ1) is 20.2. The number of aromatic nitrogens is 2. The third-order valence-electron chi connectivity index (χ3n) is 5.24. The molecule has 0 bridgehead atoms. The Kier molecular flexibility index (Phi) is 5.29. The van der Waals surface area contributed by atoms with Crippen LogP contribution >= 0.6 is 15.9 Å². The summed E-state index contributed by atoms with van der Waals surface area (Å²) in [6.45, 7) is 1.85. The Balaban J connectivity index is 1.60. The van der Waals surface area contributed by atoms with Crippen LogP contribution < -0.4 is 5.01 Å². The number of hydrazone groups is 1. The largest absolute Gasteiger partial charge is 0.280 e. The monoisotopic (exact) mass is 482 g/mol. The molecule has 0 atom stereocenters. The van der Waals surface area contributed by atoms with Gasteiger partial charge in [-0.25, -0.2) is 4.68 Å². The van der Waals surface area contributed by atoms with Gasteiger partial charge in [-0.15, -0.1) is 0 Å². The molecule has 2 heterocycles. The van der Waals surface area contributed by atoms with Crippen molar-refractivity contribution in [1.82, 2.24) is 9.78 Å². The summed E-state index contributed by atoms with van der Waals surface area (Å²) in [5.41, 5.74) is 5.54. The number of halogens is 1. The molecule has 0 saturated heterocycles. The smallest absolute Gasteiger partial charge is 0.267 e. The average Bonchev–Trinajstić information content (AvgIpc) is 3.37. The van der Waals surface area contributed by atoms with Crippen LogP contribution in [0.1, 0.15) is 12.5 Å². The molecule has 5 nitrogen and oxygen atoms in total. The minimum atomic E-state index is -0.150. The molecule has 0 spiro atoms. The molecule has 3 aromatic carbocycles. The standard InChI is InChI=1S/C26H19BrN4O/c1-18-24(26(32)31(28-18)23-10-6-3-7-11-23)16-20-17-30(22-8-4-2-5-9-22)29-25(20)19-12-14-21(27)15-13-19/h2-17H,1H3. The first-order valence-corrected chi connectivity index (χ1v) is 11.0. The second kappa shape index (κ2) is 8.40. The first-order chi connectivity index (χ1) is 15.6. The van der Waals surface area contributed by atoms with E-state index in [0.29, 0.717) is 11.3 Å². The fraction of sp³-hybridized carbons (Fsp3) is 0.0385. The lowest BCUT2D eigenvalue weighted by molar-refractivity contribution is -0.114. The van der Waals surface area contributed by atoms with E-state index in [1.165, 1.54) is 5.01 Å². The normalized spacial score (nSPS) is 14.8. The minimum absolute atomic E-state index is 0.150. The van der Waals surface area contributed by atoms with Gasteiger partial charge < -0.3 is 0 Å². The van der Waals surface area contributed by atoms with Gasteiger partial charge in [0, 0.05) is 21.8 Å². The zero-order valence-corrected chi connectivity index (χ0v) is 18.9. The lowest BCUT2D eigenvalue weighted by atomic mass is 10.0. The molecule has 1 aliphatic rings. The number of para-hydroxylation sites is 2. The van der Waals surface area contributed by atoms with Crippen molar-refractivity contribution in [2.24, 2.45) is 5.10 Å². The highest BCUT2D eigenvalue weighted by molar-refractivity contribution is 9.10. The van der Waals surface area contributed by atoms with E-state index in [9.17, 15) is 4.79 Å². The molecule has 0 fully saturated rings. The van der Waals surface area contributed by atoms with E-state index >= 15 is 0 Å². The number of hydrogen-bond donors (Lipinski definition) is 0. The quantitative estimate of drug-likeness (QED) is 0.329. The van der Waals surface area contributed by atoms with Crippen molar-refractivity contribution in [3.8, 4) is 16.9 Å². The number of rotatable bonds is 4. The zero-order valence-electron chi connectivity index (χ0n) is 17.3. The molecule has 5 rings (SSSR count). The molecule has 0 aliphatic carbocycles. The number of carbonyl (C=O) groups excluding carboxylic acids is 1. The third kappa shape index (κ3) is 3.81. The van der Waals surface area contributed by atoms with Gasteiger partial charge in [0.25, 0.3) is 5.91 Å². The summed E-state index contributed by atoms with van der Waals surface area (Å²) in [5.74, 6) is -0.150. The van der Waals surface area contributed by atoms with Gasteiger partial charge in [-0.2, -0.15) is 15.2 Å². The number of amides is 1. The predicted molar refractivity (Wildman–Crippen MR) is 132 cm³/mol. The lowest BCUT2D eigenvalue weighted by Crippen LogP contribution is -2.21. The number of anilines is 1. The van der Waals surface area contributed by atoms with Crippen molar-refractivity contribution in [2.45, 2.75) is 6.92 Å². The molecule has 1 amide bonds. The van der Waals surface area contributed by atoms with Crippen molar-refractivity contribution in [3.63, 3.8) is 0 Å². The minimum Gasteiger partial charge on any atom is -0.267 e. The Bertz CT molecular complexity index is 1340. The maximum absolute atomic E-state index is 13.2. The molecule has 0 N–H and O–H groups in total. The van der Waals surface area contributed by atoms with Crippen molar-refractivity contribution in [3.05, 3.63) is 107 Å². The van der Waals surface area contributed by atoms with Crippen LogP contribution in [0.4, 0.5) is 5.69 Å². The molecular formula is C26H19BrN4O. The molecule has 0 saturated carbocycles. The van der Waals surface area contributed by atoms with Gasteiger partial charge >= 0.3 is 0 Å². The molecule has 1 aliphatic heterocycles. The molecule has 32 heavy (non-hydrogen) atoms. The van der Waals surface area contributed by atoms with E-state index in [2.05, 4.69) is 21.0 Å².